The van der Waals surface area contributed by atoms with Crippen molar-refractivity contribution in [3.8, 4) is 16.9 Å². The summed E-state index contributed by atoms with van der Waals surface area (Å²) in [4.78, 5) is 4.22. The number of aryl methyl sites for hydroxylation is 1. The maximum atomic E-state index is 9.58. The lowest BCUT2D eigenvalue weighted by molar-refractivity contribution is 0.475. The van der Waals surface area contributed by atoms with E-state index in [0.717, 1.165) is 16.7 Å². The van der Waals surface area contributed by atoms with Crippen LogP contribution >= 0.6 is 11.6 Å². The van der Waals surface area contributed by atoms with Crippen LogP contribution in [-0.4, -0.2) is 10.9 Å². The van der Waals surface area contributed by atoms with Crippen molar-refractivity contribution in [1.29, 1.82) is 0 Å². The zero-order chi connectivity index (χ0) is 14.9. The van der Waals surface area contributed by atoms with Crippen molar-refractivity contribution in [2.24, 2.45) is 10.7 Å². The van der Waals surface area contributed by atoms with Crippen LogP contribution in [0.15, 0.2) is 35.3 Å². The first kappa shape index (κ1) is 14.2. The van der Waals surface area contributed by atoms with E-state index in [1.807, 2.05) is 13.0 Å². The molecule has 0 radical (unpaired) electrons. The predicted molar refractivity (Wildman–Crippen MR) is 84.7 cm³/mol. The van der Waals surface area contributed by atoms with Crippen LogP contribution in [0.5, 0.6) is 5.75 Å². The molecular weight excluding hydrogens is 274 g/mol. The number of nitrogen functional groups attached to an aromatic ring is 1. The molecular formula is C15H16ClN3O. The van der Waals surface area contributed by atoms with Crippen LogP contribution in [0.1, 0.15) is 12.5 Å². The zero-order valence-corrected chi connectivity index (χ0v) is 12.1. The number of anilines is 1. The molecule has 2 aromatic rings. The summed E-state index contributed by atoms with van der Waals surface area (Å²) in [7, 11) is 0. The molecule has 2 aromatic carbocycles. The summed E-state index contributed by atoms with van der Waals surface area (Å²) in [5, 5.41) is 10.1. The third-order valence-electron chi connectivity index (χ3n) is 2.88. The molecule has 0 aliphatic heterocycles. The second-order valence-corrected chi connectivity index (χ2v) is 5.06. The number of phenols is 1. The molecule has 0 saturated carbocycles. The Balaban J connectivity index is 2.61. The Bertz CT molecular complexity index is 669. The number of nitrogens with zero attached hydrogens (tertiary/aromatic N) is 1. The van der Waals surface area contributed by atoms with Gasteiger partial charge in [0.1, 0.15) is 5.75 Å². The number of aliphatic imine (C=N–C) groups is 1. The van der Waals surface area contributed by atoms with E-state index in [1.54, 1.807) is 31.2 Å². The van der Waals surface area contributed by atoms with E-state index in [2.05, 4.69) is 4.99 Å². The van der Waals surface area contributed by atoms with Gasteiger partial charge in [-0.05, 0) is 55.3 Å². The number of hydrogen-bond acceptors (Lipinski definition) is 3. The number of nitrogens with two attached hydrogens (primary N) is 2. The highest BCUT2D eigenvalue weighted by Crippen LogP contribution is 2.36. The Kier molecular flexibility index (Phi) is 3.86. The predicted octanol–water partition coefficient (Wildman–Crippen LogP) is 3.61. The third-order valence-corrected chi connectivity index (χ3v) is 3.21. The summed E-state index contributed by atoms with van der Waals surface area (Å²) in [6.45, 7) is 3.61. The zero-order valence-electron chi connectivity index (χ0n) is 11.3. The second-order valence-electron chi connectivity index (χ2n) is 4.65. The highest BCUT2D eigenvalue weighted by atomic mass is 35.5. The van der Waals surface area contributed by atoms with Gasteiger partial charge in [-0.2, -0.15) is 0 Å². The highest BCUT2D eigenvalue weighted by Gasteiger charge is 2.10. The molecule has 0 heterocycles. The minimum atomic E-state index is 0.153. The fraction of sp³-hybridized carbons (Fsp3) is 0.133. The van der Waals surface area contributed by atoms with Crippen molar-refractivity contribution in [1.82, 2.24) is 0 Å². The molecule has 5 heteroatoms. The van der Waals surface area contributed by atoms with Crippen molar-refractivity contribution in [3.63, 3.8) is 0 Å². The largest absolute Gasteiger partial charge is 0.508 e. The Morgan fingerprint density at radius 3 is 2.55 bits per heavy atom. The Hall–Kier alpha value is -2.20. The van der Waals surface area contributed by atoms with Gasteiger partial charge in [-0.1, -0.05) is 11.6 Å². The Morgan fingerprint density at radius 2 is 1.95 bits per heavy atom. The van der Waals surface area contributed by atoms with Crippen LogP contribution in [0.3, 0.4) is 0 Å². The van der Waals surface area contributed by atoms with Gasteiger partial charge in [0.25, 0.3) is 0 Å². The first-order valence-corrected chi connectivity index (χ1v) is 6.46. The maximum absolute atomic E-state index is 9.58. The minimum absolute atomic E-state index is 0.153. The van der Waals surface area contributed by atoms with Crippen LogP contribution in [0.25, 0.3) is 11.1 Å². The quantitative estimate of drug-likeness (QED) is 0.448. The molecule has 2 rings (SSSR count). The van der Waals surface area contributed by atoms with Gasteiger partial charge in [0.05, 0.1) is 17.2 Å². The van der Waals surface area contributed by atoms with Crippen LogP contribution < -0.4 is 11.5 Å². The summed E-state index contributed by atoms with van der Waals surface area (Å²) in [6.07, 6.45) is 0. The van der Waals surface area contributed by atoms with Gasteiger partial charge in [0.2, 0.25) is 0 Å². The fourth-order valence-electron chi connectivity index (χ4n) is 2.03. The van der Waals surface area contributed by atoms with E-state index in [-0.39, 0.29) is 5.75 Å². The highest BCUT2D eigenvalue weighted by molar-refractivity contribution is 6.33. The van der Waals surface area contributed by atoms with E-state index in [1.165, 1.54) is 0 Å². The molecule has 20 heavy (non-hydrogen) atoms. The van der Waals surface area contributed by atoms with Crippen LogP contribution in [0.2, 0.25) is 5.02 Å². The average Bonchev–Trinajstić information content (AvgIpc) is 2.36. The molecule has 0 unspecified atom stereocenters. The van der Waals surface area contributed by atoms with Crippen LogP contribution in [0.4, 0.5) is 11.4 Å². The molecule has 104 valence electrons. The number of halogens is 1. The number of rotatable bonds is 2. The van der Waals surface area contributed by atoms with Gasteiger partial charge in [0, 0.05) is 10.6 Å². The van der Waals surface area contributed by atoms with E-state index < -0.39 is 0 Å². The number of phenolic OH excluding ortho intramolecular Hbond substituents is 1. The van der Waals surface area contributed by atoms with Crippen molar-refractivity contribution < 1.29 is 5.11 Å². The molecule has 5 N–H and O–H groups in total. The standard InChI is InChI=1S/C15H16ClN3O/c1-8-5-10(6-14(18)15(8)19-9(2)17)12-7-11(20)3-4-13(12)16/h3-7,20H,18H2,1-2H3,(H2,17,19). The van der Waals surface area contributed by atoms with Gasteiger partial charge >= 0.3 is 0 Å². The fourth-order valence-corrected chi connectivity index (χ4v) is 2.25. The van der Waals surface area contributed by atoms with Crippen LogP contribution in [0, 0.1) is 6.92 Å². The molecule has 0 saturated heterocycles. The van der Waals surface area contributed by atoms with E-state index in [0.29, 0.717) is 22.2 Å². The van der Waals surface area contributed by atoms with Gasteiger partial charge in [0.15, 0.2) is 0 Å². The van der Waals surface area contributed by atoms with E-state index in [9.17, 15) is 5.11 Å². The van der Waals surface area contributed by atoms with E-state index in [4.69, 9.17) is 23.1 Å². The summed E-state index contributed by atoms with van der Waals surface area (Å²) in [5.41, 5.74) is 15.2. The molecule has 0 aromatic heterocycles. The van der Waals surface area contributed by atoms with E-state index >= 15 is 0 Å². The molecule has 0 aliphatic carbocycles. The van der Waals surface area contributed by atoms with Gasteiger partial charge in [-0.25, -0.2) is 4.99 Å². The lowest BCUT2D eigenvalue weighted by Crippen LogP contribution is -2.05. The van der Waals surface area contributed by atoms with Crippen molar-refractivity contribution >= 4 is 28.8 Å². The maximum Gasteiger partial charge on any atom is 0.116 e. The third kappa shape index (κ3) is 2.86. The summed E-state index contributed by atoms with van der Waals surface area (Å²) in [5.74, 6) is 0.600. The first-order valence-electron chi connectivity index (χ1n) is 6.08. The summed E-state index contributed by atoms with van der Waals surface area (Å²) >= 11 is 6.16. The molecule has 4 nitrogen and oxygen atoms in total. The molecule has 0 atom stereocenters. The average molecular weight is 290 g/mol. The van der Waals surface area contributed by atoms with Gasteiger partial charge < -0.3 is 16.6 Å². The van der Waals surface area contributed by atoms with Crippen molar-refractivity contribution in [2.75, 3.05) is 5.73 Å². The van der Waals surface area contributed by atoms with Gasteiger partial charge in [-0.15, -0.1) is 0 Å². The molecule has 0 fully saturated rings. The molecule has 0 bridgehead atoms. The van der Waals surface area contributed by atoms with Crippen molar-refractivity contribution in [2.45, 2.75) is 13.8 Å². The lowest BCUT2D eigenvalue weighted by atomic mass is 10.0. The first-order chi connectivity index (χ1) is 9.38. The number of benzene rings is 2. The molecule has 0 aliphatic rings. The SMILES string of the molecule is CC(N)=Nc1c(C)cc(-c2cc(O)ccc2Cl)cc1N. The Morgan fingerprint density at radius 1 is 1.25 bits per heavy atom. The molecule has 0 spiro atoms. The lowest BCUT2D eigenvalue weighted by Gasteiger charge is -2.11. The molecule has 0 amide bonds. The topological polar surface area (TPSA) is 84.6 Å². The second kappa shape index (κ2) is 5.43. The summed E-state index contributed by atoms with van der Waals surface area (Å²) in [6, 6.07) is 8.48. The number of aromatic hydroxyl groups is 1. The normalized spacial score (nSPS) is 11.7. The number of amidine groups is 1. The van der Waals surface area contributed by atoms with Gasteiger partial charge in [-0.3, -0.25) is 0 Å². The van der Waals surface area contributed by atoms with Crippen molar-refractivity contribution in [3.05, 3.63) is 40.9 Å². The smallest absolute Gasteiger partial charge is 0.116 e. The monoisotopic (exact) mass is 289 g/mol. The Labute approximate surface area is 122 Å². The summed E-state index contributed by atoms with van der Waals surface area (Å²) < 4.78 is 0. The minimum Gasteiger partial charge on any atom is -0.508 e. The van der Waals surface area contributed by atoms with Crippen LogP contribution in [-0.2, 0) is 0 Å². The number of hydrogen-bond donors (Lipinski definition) is 3.